The van der Waals surface area contributed by atoms with E-state index in [0.717, 1.165) is 21.1 Å². The highest BCUT2D eigenvalue weighted by Crippen LogP contribution is 2.10. The number of hydrogen-bond donors (Lipinski definition) is 0. The lowest BCUT2D eigenvalue weighted by atomic mass is 10.3. The highest BCUT2D eigenvalue weighted by Gasteiger charge is 2.33. The van der Waals surface area contributed by atoms with Crippen LogP contribution in [0, 0.1) is 0 Å². The molecule has 0 aromatic heterocycles. The highest BCUT2D eigenvalue weighted by molar-refractivity contribution is 7.89. The van der Waals surface area contributed by atoms with Crippen molar-refractivity contribution in [3.05, 3.63) is 0 Å². The maximum absolute atomic E-state index is 11.2. The van der Waals surface area contributed by atoms with Crippen molar-refractivity contribution in [3.8, 4) is 0 Å². The Hall–Kier alpha value is -0.510. The molecule has 1 saturated heterocycles. The van der Waals surface area contributed by atoms with Crippen molar-refractivity contribution in [2.45, 2.75) is 0 Å². The summed E-state index contributed by atoms with van der Waals surface area (Å²) in [5.41, 5.74) is 0. The van der Waals surface area contributed by atoms with Gasteiger partial charge in [-0.25, -0.2) is 16.8 Å². The number of rotatable bonds is 2. The van der Waals surface area contributed by atoms with Crippen molar-refractivity contribution in [2.24, 2.45) is 0 Å². The molecule has 0 saturated carbocycles. The first kappa shape index (κ1) is 12.6. The summed E-state index contributed by atoms with van der Waals surface area (Å²) in [5.74, 6) is -0.433. The van der Waals surface area contributed by atoms with Gasteiger partial charge in [0.25, 0.3) is 0 Å². The summed E-state index contributed by atoms with van der Waals surface area (Å²) in [6, 6.07) is 0. The van der Waals surface area contributed by atoms with Gasteiger partial charge in [0.05, 0.1) is 32.3 Å². The summed E-state index contributed by atoms with van der Waals surface area (Å²) in [6.07, 6.45) is 1.87. The van der Waals surface area contributed by atoms with Crippen LogP contribution >= 0.6 is 0 Å². The number of ketones is 1. The van der Waals surface area contributed by atoms with Crippen molar-refractivity contribution < 1.29 is 21.6 Å². The van der Waals surface area contributed by atoms with Gasteiger partial charge >= 0.3 is 0 Å². The molecule has 1 aliphatic rings. The fourth-order valence-corrected chi connectivity index (χ4v) is 2.69. The van der Waals surface area contributed by atoms with Gasteiger partial charge in [0.15, 0.2) is 5.78 Å². The van der Waals surface area contributed by atoms with Crippen LogP contribution in [0.4, 0.5) is 0 Å². The van der Waals surface area contributed by atoms with E-state index >= 15 is 0 Å². The standard InChI is InChI=1S/C6H12N2O5S2/c1-14(10,11)7-3-6(9)4-8(5-7)15(2,12)13/h3-5H2,1-2H3. The zero-order chi connectivity index (χ0) is 11.9. The molecule has 1 aliphatic heterocycles. The molecule has 0 spiro atoms. The van der Waals surface area contributed by atoms with Gasteiger partial charge in [0.1, 0.15) is 0 Å². The van der Waals surface area contributed by atoms with Crippen LogP contribution in [0.2, 0.25) is 0 Å². The van der Waals surface area contributed by atoms with E-state index in [1.165, 1.54) is 0 Å². The monoisotopic (exact) mass is 256 g/mol. The molecule has 0 amide bonds. The van der Waals surface area contributed by atoms with E-state index in [2.05, 4.69) is 0 Å². The molecule has 0 N–H and O–H groups in total. The smallest absolute Gasteiger partial charge is 0.212 e. The minimum absolute atomic E-state index is 0.259. The van der Waals surface area contributed by atoms with Crippen LogP contribution in [0.1, 0.15) is 0 Å². The maximum Gasteiger partial charge on any atom is 0.212 e. The fourth-order valence-electron chi connectivity index (χ4n) is 1.16. The van der Waals surface area contributed by atoms with E-state index in [1.807, 2.05) is 0 Å². The fraction of sp³-hybridized carbons (Fsp3) is 0.833. The quantitative estimate of drug-likeness (QED) is 0.572. The minimum atomic E-state index is -3.55. The highest BCUT2D eigenvalue weighted by atomic mass is 32.2. The molecule has 0 aromatic rings. The summed E-state index contributed by atoms with van der Waals surface area (Å²) < 4.78 is 46.3. The van der Waals surface area contributed by atoms with Crippen LogP contribution in [0.15, 0.2) is 0 Å². The predicted molar refractivity (Wildman–Crippen MR) is 53.0 cm³/mol. The van der Waals surface area contributed by atoms with Crippen molar-refractivity contribution in [2.75, 3.05) is 32.3 Å². The van der Waals surface area contributed by atoms with Crippen LogP contribution < -0.4 is 0 Å². The minimum Gasteiger partial charge on any atom is -0.297 e. The number of nitrogens with zero attached hydrogens (tertiary/aromatic N) is 2. The molecular formula is C6H12N2O5S2. The third-order valence-electron chi connectivity index (χ3n) is 1.96. The van der Waals surface area contributed by atoms with Gasteiger partial charge in [0.2, 0.25) is 20.0 Å². The molecule has 88 valence electrons. The number of hydrogen-bond acceptors (Lipinski definition) is 5. The second-order valence-electron chi connectivity index (χ2n) is 3.43. The molecule has 1 fully saturated rings. The third-order valence-corrected chi connectivity index (χ3v) is 4.32. The molecule has 0 atom stereocenters. The van der Waals surface area contributed by atoms with Crippen LogP contribution in [0.25, 0.3) is 0 Å². The summed E-state index contributed by atoms with van der Waals surface area (Å²) in [4.78, 5) is 11.2. The molecule has 0 bridgehead atoms. The van der Waals surface area contributed by atoms with E-state index in [0.29, 0.717) is 0 Å². The SMILES string of the molecule is CS(=O)(=O)N1CC(=O)CN(S(C)(=O)=O)C1. The van der Waals surface area contributed by atoms with Crippen LogP contribution in [-0.4, -0.2) is 63.5 Å². The topological polar surface area (TPSA) is 91.8 Å². The molecule has 15 heavy (non-hydrogen) atoms. The molecule has 0 unspecified atom stereocenters. The Morgan fingerprint density at radius 3 is 1.53 bits per heavy atom. The Bertz CT molecular complexity index is 424. The van der Waals surface area contributed by atoms with Gasteiger partial charge < -0.3 is 0 Å². The molecular weight excluding hydrogens is 244 g/mol. The average molecular weight is 256 g/mol. The van der Waals surface area contributed by atoms with E-state index in [4.69, 9.17) is 0 Å². The predicted octanol–water partition coefficient (Wildman–Crippen LogP) is -1.95. The lowest BCUT2D eigenvalue weighted by Crippen LogP contribution is -2.53. The normalized spacial score (nSPS) is 21.9. The van der Waals surface area contributed by atoms with Gasteiger partial charge in [-0.2, -0.15) is 8.61 Å². The van der Waals surface area contributed by atoms with Gasteiger partial charge in [-0.1, -0.05) is 0 Å². The zero-order valence-corrected chi connectivity index (χ0v) is 10.0. The van der Waals surface area contributed by atoms with Crippen molar-refractivity contribution in [1.82, 2.24) is 8.61 Å². The van der Waals surface area contributed by atoms with Gasteiger partial charge in [0, 0.05) is 0 Å². The Kier molecular flexibility index (Phi) is 3.19. The number of carbonyl (C=O) groups is 1. The first-order valence-electron chi connectivity index (χ1n) is 4.02. The largest absolute Gasteiger partial charge is 0.297 e. The Balaban J connectivity index is 2.97. The second kappa shape index (κ2) is 3.81. The molecule has 0 radical (unpaired) electrons. The second-order valence-corrected chi connectivity index (χ2v) is 7.39. The first-order chi connectivity index (χ1) is 6.60. The van der Waals surface area contributed by atoms with Gasteiger partial charge in [-0.05, 0) is 0 Å². The van der Waals surface area contributed by atoms with Crippen LogP contribution in [-0.2, 0) is 24.8 Å². The van der Waals surface area contributed by atoms with E-state index in [1.54, 1.807) is 0 Å². The maximum atomic E-state index is 11.2. The van der Waals surface area contributed by atoms with Crippen molar-refractivity contribution in [1.29, 1.82) is 0 Å². The number of sulfonamides is 2. The molecule has 1 rings (SSSR count). The van der Waals surface area contributed by atoms with Crippen molar-refractivity contribution in [3.63, 3.8) is 0 Å². The van der Waals surface area contributed by atoms with E-state index in [-0.39, 0.29) is 19.8 Å². The van der Waals surface area contributed by atoms with Crippen molar-refractivity contribution >= 4 is 25.8 Å². The molecule has 0 aromatic carbocycles. The van der Waals surface area contributed by atoms with Crippen LogP contribution in [0.3, 0.4) is 0 Å². The molecule has 1 heterocycles. The Morgan fingerprint density at radius 2 is 1.27 bits per heavy atom. The lowest BCUT2D eigenvalue weighted by Gasteiger charge is -2.31. The third kappa shape index (κ3) is 3.23. The zero-order valence-electron chi connectivity index (χ0n) is 8.37. The summed E-state index contributed by atoms with van der Waals surface area (Å²) in [7, 11) is -7.09. The Labute approximate surface area is 88.8 Å². The summed E-state index contributed by atoms with van der Waals surface area (Å²) in [5, 5.41) is 0. The van der Waals surface area contributed by atoms with Gasteiger partial charge in [-0.3, -0.25) is 4.79 Å². The lowest BCUT2D eigenvalue weighted by molar-refractivity contribution is -0.121. The molecule has 9 heteroatoms. The van der Waals surface area contributed by atoms with Crippen LogP contribution in [0.5, 0.6) is 0 Å². The Morgan fingerprint density at radius 1 is 0.933 bits per heavy atom. The van der Waals surface area contributed by atoms with E-state index in [9.17, 15) is 21.6 Å². The summed E-state index contributed by atoms with van der Waals surface area (Å²) >= 11 is 0. The molecule has 7 nitrogen and oxygen atoms in total. The summed E-state index contributed by atoms with van der Waals surface area (Å²) in [6.45, 7) is -0.806. The van der Waals surface area contributed by atoms with E-state index < -0.39 is 25.8 Å². The number of carbonyl (C=O) groups excluding carboxylic acids is 1. The van der Waals surface area contributed by atoms with Gasteiger partial charge in [-0.15, -0.1) is 0 Å². The number of Topliss-reactive ketones (excluding diaryl/α,β-unsaturated/α-hetero) is 1. The first-order valence-corrected chi connectivity index (χ1v) is 7.72. The molecule has 0 aliphatic carbocycles. The average Bonchev–Trinajstić information content (AvgIpc) is 1.99.